The van der Waals surface area contributed by atoms with Crippen LogP contribution in [0.2, 0.25) is 0 Å². The summed E-state index contributed by atoms with van der Waals surface area (Å²) in [5, 5.41) is 0. The molecule has 0 aliphatic rings. The van der Waals surface area contributed by atoms with Gasteiger partial charge >= 0.3 is 0 Å². The summed E-state index contributed by atoms with van der Waals surface area (Å²) in [6.45, 7) is 7.15. The summed E-state index contributed by atoms with van der Waals surface area (Å²) >= 11 is 0. The van der Waals surface area contributed by atoms with Crippen molar-refractivity contribution in [2.24, 2.45) is 5.41 Å². The van der Waals surface area contributed by atoms with Gasteiger partial charge in [-0.1, -0.05) is 20.8 Å². The number of hydrogen-bond acceptors (Lipinski definition) is 2. The van der Waals surface area contributed by atoms with Gasteiger partial charge < -0.3 is 4.74 Å². The molecule has 1 aromatic heterocycles. The lowest BCUT2D eigenvalue weighted by Gasteiger charge is -2.18. The van der Waals surface area contributed by atoms with Crippen LogP contribution in [0.4, 0.5) is 0 Å². The molecule has 1 rings (SSSR count). The van der Waals surface area contributed by atoms with Crippen LogP contribution in [-0.4, -0.2) is 11.6 Å². The Kier molecular flexibility index (Phi) is 2.69. The first-order chi connectivity index (χ1) is 5.58. The maximum Gasteiger partial charge on any atom is 0.137 e. The van der Waals surface area contributed by atoms with Crippen LogP contribution < -0.4 is 4.74 Å². The zero-order valence-electron chi connectivity index (χ0n) is 7.87. The predicted octanol–water partition coefficient (Wildman–Crippen LogP) is 2.51. The molecule has 0 aliphatic heterocycles. The van der Waals surface area contributed by atoms with Gasteiger partial charge in [0.2, 0.25) is 0 Å². The van der Waals surface area contributed by atoms with E-state index in [2.05, 4.69) is 25.8 Å². The molecule has 0 unspecified atom stereocenters. The van der Waals surface area contributed by atoms with Gasteiger partial charge in [-0.15, -0.1) is 0 Å². The molecule has 0 atom stereocenters. The Morgan fingerprint density at radius 1 is 1.42 bits per heavy atom. The van der Waals surface area contributed by atoms with Crippen molar-refractivity contribution in [3.8, 4) is 5.75 Å². The number of ether oxygens (including phenoxy) is 1. The minimum atomic E-state index is 0.204. The lowest BCUT2D eigenvalue weighted by atomic mass is 9.99. The number of hydrogen-bond donors (Lipinski definition) is 0. The molecule has 66 valence electrons. The summed E-state index contributed by atoms with van der Waals surface area (Å²) in [5.74, 6) is 0.840. The summed E-state index contributed by atoms with van der Waals surface area (Å²) in [6.07, 6.45) is 3.47. The van der Waals surface area contributed by atoms with Crippen molar-refractivity contribution in [3.05, 3.63) is 24.5 Å². The van der Waals surface area contributed by atoms with Gasteiger partial charge in [0.15, 0.2) is 0 Å². The van der Waals surface area contributed by atoms with Crippen molar-refractivity contribution >= 4 is 0 Å². The van der Waals surface area contributed by atoms with Gasteiger partial charge in [0.25, 0.3) is 0 Å². The van der Waals surface area contributed by atoms with Gasteiger partial charge in [0.1, 0.15) is 5.75 Å². The summed E-state index contributed by atoms with van der Waals surface area (Å²) < 4.78 is 5.51. The normalized spacial score (nSPS) is 11.2. The molecule has 0 radical (unpaired) electrons. The van der Waals surface area contributed by atoms with Crippen molar-refractivity contribution in [3.63, 3.8) is 0 Å². The molecule has 0 spiro atoms. The molecule has 0 amide bonds. The molecular formula is C10H15NO. The molecule has 2 heteroatoms. The predicted molar refractivity (Wildman–Crippen MR) is 49.2 cm³/mol. The first-order valence-electron chi connectivity index (χ1n) is 4.11. The van der Waals surface area contributed by atoms with Gasteiger partial charge in [-0.3, -0.25) is 4.98 Å². The molecule has 0 aliphatic carbocycles. The number of nitrogens with zero attached hydrogens (tertiary/aromatic N) is 1. The van der Waals surface area contributed by atoms with E-state index in [9.17, 15) is 0 Å². The lowest BCUT2D eigenvalue weighted by molar-refractivity contribution is 0.197. The van der Waals surface area contributed by atoms with Gasteiger partial charge in [-0.25, -0.2) is 0 Å². The third kappa shape index (κ3) is 3.37. The Bertz CT molecular complexity index is 225. The fourth-order valence-electron chi connectivity index (χ4n) is 0.732. The van der Waals surface area contributed by atoms with Crippen molar-refractivity contribution < 1.29 is 4.74 Å². The molecular weight excluding hydrogens is 150 g/mol. The van der Waals surface area contributed by atoms with Crippen LogP contribution in [0.3, 0.4) is 0 Å². The molecule has 1 heterocycles. The molecule has 0 saturated heterocycles. The van der Waals surface area contributed by atoms with Crippen LogP contribution in [0.15, 0.2) is 24.5 Å². The molecule has 0 bridgehead atoms. The number of pyridine rings is 1. The van der Waals surface area contributed by atoms with Crippen molar-refractivity contribution in [1.29, 1.82) is 0 Å². The molecule has 1 aromatic rings. The van der Waals surface area contributed by atoms with Crippen LogP contribution in [0.1, 0.15) is 20.8 Å². The zero-order chi connectivity index (χ0) is 9.03. The molecule has 2 nitrogen and oxygen atoms in total. The highest BCUT2D eigenvalue weighted by Gasteiger charge is 2.10. The molecule has 12 heavy (non-hydrogen) atoms. The average molecular weight is 165 g/mol. The highest BCUT2D eigenvalue weighted by atomic mass is 16.5. The van der Waals surface area contributed by atoms with Crippen molar-refractivity contribution in [2.75, 3.05) is 6.61 Å². The van der Waals surface area contributed by atoms with E-state index >= 15 is 0 Å². The minimum Gasteiger partial charge on any atom is -0.491 e. The fourth-order valence-corrected chi connectivity index (χ4v) is 0.732. The largest absolute Gasteiger partial charge is 0.491 e. The number of aromatic nitrogens is 1. The van der Waals surface area contributed by atoms with E-state index in [1.54, 1.807) is 12.4 Å². The second-order valence-electron chi connectivity index (χ2n) is 4.04. The summed E-state index contributed by atoms with van der Waals surface area (Å²) in [7, 11) is 0. The number of rotatable bonds is 2. The fraction of sp³-hybridized carbons (Fsp3) is 0.500. The van der Waals surface area contributed by atoms with E-state index in [0.717, 1.165) is 12.4 Å². The van der Waals surface area contributed by atoms with E-state index in [0.29, 0.717) is 0 Å². The average Bonchev–Trinajstić information content (AvgIpc) is 2.02. The van der Waals surface area contributed by atoms with Gasteiger partial charge in [-0.2, -0.15) is 0 Å². The minimum absolute atomic E-state index is 0.204. The third-order valence-electron chi connectivity index (χ3n) is 1.31. The molecule has 0 aromatic carbocycles. The van der Waals surface area contributed by atoms with Gasteiger partial charge in [0.05, 0.1) is 12.8 Å². The molecule has 0 N–H and O–H groups in total. The standard InChI is InChI=1S/C10H15NO/c1-10(2,3)8-12-9-5-4-6-11-7-9/h4-7H,8H2,1-3H3. The maximum absolute atomic E-state index is 5.51. The Labute approximate surface area is 73.6 Å². The van der Waals surface area contributed by atoms with E-state index in [4.69, 9.17) is 4.74 Å². The Hall–Kier alpha value is -1.05. The molecule has 0 fully saturated rings. The lowest BCUT2D eigenvalue weighted by Crippen LogP contribution is -2.16. The highest BCUT2D eigenvalue weighted by Crippen LogP contribution is 2.15. The van der Waals surface area contributed by atoms with E-state index in [-0.39, 0.29) is 5.41 Å². The topological polar surface area (TPSA) is 22.1 Å². The van der Waals surface area contributed by atoms with Crippen LogP contribution in [-0.2, 0) is 0 Å². The summed E-state index contributed by atoms with van der Waals surface area (Å²) in [6, 6.07) is 3.79. The maximum atomic E-state index is 5.51. The highest BCUT2D eigenvalue weighted by molar-refractivity contribution is 5.15. The van der Waals surface area contributed by atoms with E-state index in [1.807, 2.05) is 12.1 Å². The smallest absolute Gasteiger partial charge is 0.137 e. The molecule has 0 saturated carbocycles. The van der Waals surface area contributed by atoms with Crippen LogP contribution >= 0.6 is 0 Å². The van der Waals surface area contributed by atoms with Crippen molar-refractivity contribution in [1.82, 2.24) is 4.98 Å². The van der Waals surface area contributed by atoms with Crippen LogP contribution in [0, 0.1) is 5.41 Å². The van der Waals surface area contributed by atoms with Crippen molar-refractivity contribution in [2.45, 2.75) is 20.8 Å². The SMILES string of the molecule is CC(C)(C)COc1cccnc1. The third-order valence-corrected chi connectivity index (χ3v) is 1.31. The quantitative estimate of drug-likeness (QED) is 0.671. The first-order valence-corrected chi connectivity index (χ1v) is 4.11. The van der Waals surface area contributed by atoms with E-state index in [1.165, 1.54) is 0 Å². The Morgan fingerprint density at radius 3 is 2.67 bits per heavy atom. The van der Waals surface area contributed by atoms with Crippen LogP contribution in [0.5, 0.6) is 5.75 Å². The first kappa shape index (κ1) is 9.04. The van der Waals surface area contributed by atoms with E-state index < -0.39 is 0 Å². The van der Waals surface area contributed by atoms with Crippen LogP contribution in [0.25, 0.3) is 0 Å². The zero-order valence-corrected chi connectivity index (χ0v) is 7.87. The van der Waals surface area contributed by atoms with Gasteiger partial charge in [0, 0.05) is 6.20 Å². The Balaban J connectivity index is 2.44. The Morgan fingerprint density at radius 2 is 2.17 bits per heavy atom. The summed E-state index contributed by atoms with van der Waals surface area (Å²) in [5.41, 5.74) is 0.204. The summed E-state index contributed by atoms with van der Waals surface area (Å²) in [4.78, 5) is 3.96. The monoisotopic (exact) mass is 165 g/mol. The van der Waals surface area contributed by atoms with Gasteiger partial charge in [-0.05, 0) is 17.5 Å². The second kappa shape index (κ2) is 3.57. The second-order valence-corrected chi connectivity index (χ2v) is 4.04.